The number of rotatable bonds is 2. The van der Waals surface area contributed by atoms with E-state index < -0.39 is 17.2 Å². The minimum Gasteiger partial charge on any atom is -0.392 e. The third kappa shape index (κ3) is 2.32. The first kappa shape index (κ1) is 11.7. The molecule has 2 fully saturated rings. The lowest BCUT2D eigenvalue weighted by Crippen LogP contribution is -2.19. The van der Waals surface area contributed by atoms with Crippen LogP contribution in [0.5, 0.6) is 0 Å². The molecule has 1 saturated carbocycles. The van der Waals surface area contributed by atoms with E-state index in [-0.39, 0.29) is 18.1 Å². The molecular formula is C10H10O4S2. The first-order valence-corrected chi connectivity index (χ1v) is 6.34. The highest BCUT2D eigenvalue weighted by atomic mass is 32.2. The highest BCUT2D eigenvalue weighted by Gasteiger charge is 2.37. The maximum atomic E-state index is 11.5. The van der Waals surface area contributed by atoms with Crippen molar-refractivity contribution in [1.29, 1.82) is 0 Å². The highest BCUT2D eigenvalue weighted by Crippen LogP contribution is 2.32. The molecule has 0 N–H and O–H groups in total. The number of cyclic esters (lactones) is 2. The summed E-state index contributed by atoms with van der Waals surface area (Å²) in [4.78, 5) is 33.5. The molecule has 2 aliphatic rings. The molecule has 0 amide bonds. The van der Waals surface area contributed by atoms with Gasteiger partial charge < -0.3 is 4.74 Å². The standard InChI is InChI=1S/C10H10O4S2/c11-6-3-1-2-5(6)10(15)16-7-4-8(12)14-9(7)13/h5,7H,1-4H2/t5-,7+/m1/s1. The van der Waals surface area contributed by atoms with Gasteiger partial charge in [0.2, 0.25) is 0 Å². The maximum Gasteiger partial charge on any atom is 0.327 e. The van der Waals surface area contributed by atoms with Gasteiger partial charge >= 0.3 is 11.9 Å². The normalized spacial score (nSPS) is 29.6. The zero-order valence-electron chi connectivity index (χ0n) is 8.43. The van der Waals surface area contributed by atoms with E-state index in [9.17, 15) is 14.4 Å². The average molecular weight is 258 g/mol. The zero-order chi connectivity index (χ0) is 11.7. The molecule has 1 heterocycles. The van der Waals surface area contributed by atoms with Gasteiger partial charge in [0.05, 0.1) is 16.5 Å². The predicted molar refractivity (Wildman–Crippen MR) is 62.0 cm³/mol. The van der Waals surface area contributed by atoms with Gasteiger partial charge in [-0.05, 0) is 12.8 Å². The third-order valence-electron chi connectivity index (χ3n) is 2.68. The van der Waals surface area contributed by atoms with Crippen molar-refractivity contribution in [2.75, 3.05) is 0 Å². The fourth-order valence-electron chi connectivity index (χ4n) is 1.83. The van der Waals surface area contributed by atoms with Gasteiger partial charge in [0, 0.05) is 6.42 Å². The van der Waals surface area contributed by atoms with Gasteiger partial charge in [0.1, 0.15) is 11.0 Å². The van der Waals surface area contributed by atoms with Crippen molar-refractivity contribution in [2.45, 2.75) is 30.9 Å². The number of hydrogen-bond donors (Lipinski definition) is 0. The van der Waals surface area contributed by atoms with Crippen LogP contribution < -0.4 is 0 Å². The van der Waals surface area contributed by atoms with Crippen molar-refractivity contribution >= 4 is 45.9 Å². The first-order chi connectivity index (χ1) is 7.58. The minimum atomic E-state index is -0.548. The third-order valence-corrected chi connectivity index (χ3v) is 4.41. The number of carbonyl (C=O) groups is 3. The van der Waals surface area contributed by atoms with Crippen LogP contribution in [0.15, 0.2) is 0 Å². The van der Waals surface area contributed by atoms with E-state index in [0.717, 1.165) is 24.6 Å². The molecule has 1 aliphatic heterocycles. The Hall–Kier alpha value is -0.750. The summed E-state index contributed by atoms with van der Waals surface area (Å²) in [7, 11) is 0. The monoisotopic (exact) mass is 258 g/mol. The quantitative estimate of drug-likeness (QED) is 0.422. The molecule has 0 bridgehead atoms. The van der Waals surface area contributed by atoms with Gasteiger partial charge in [-0.2, -0.15) is 0 Å². The summed E-state index contributed by atoms with van der Waals surface area (Å²) in [6, 6.07) is 0. The molecular weight excluding hydrogens is 248 g/mol. The van der Waals surface area contributed by atoms with E-state index in [2.05, 4.69) is 4.74 Å². The number of thiocarbonyl (C=S) groups is 1. The molecule has 0 aromatic rings. The number of thioether (sulfide) groups is 1. The number of Topliss-reactive ketones (excluding diaryl/α,β-unsaturated/α-hetero) is 1. The van der Waals surface area contributed by atoms with Crippen molar-refractivity contribution in [2.24, 2.45) is 5.92 Å². The van der Waals surface area contributed by atoms with Gasteiger partial charge in [-0.1, -0.05) is 12.2 Å². The van der Waals surface area contributed by atoms with Crippen molar-refractivity contribution in [1.82, 2.24) is 0 Å². The van der Waals surface area contributed by atoms with Crippen LogP contribution in [0.3, 0.4) is 0 Å². The average Bonchev–Trinajstić information content (AvgIpc) is 2.74. The van der Waals surface area contributed by atoms with Crippen molar-refractivity contribution < 1.29 is 19.1 Å². The molecule has 1 saturated heterocycles. The fraction of sp³-hybridized carbons (Fsp3) is 0.600. The van der Waals surface area contributed by atoms with Crippen LogP contribution in [0, 0.1) is 5.92 Å². The molecule has 0 unspecified atom stereocenters. The Balaban J connectivity index is 1.94. The summed E-state index contributed by atoms with van der Waals surface area (Å²) in [5.74, 6) is -1.12. The predicted octanol–water partition coefficient (Wildman–Crippen LogP) is 1.26. The Kier molecular flexibility index (Phi) is 3.39. The van der Waals surface area contributed by atoms with Gasteiger partial charge in [0.25, 0.3) is 0 Å². The molecule has 86 valence electrons. The maximum absolute atomic E-state index is 11.5. The van der Waals surface area contributed by atoms with Crippen LogP contribution in [0.2, 0.25) is 0 Å². The first-order valence-electron chi connectivity index (χ1n) is 5.05. The van der Waals surface area contributed by atoms with Gasteiger partial charge in [0.15, 0.2) is 0 Å². The van der Waals surface area contributed by atoms with E-state index in [1.165, 1.54) is 0 Å². The summed E-state index contributed by atoms with van der Waals surface area (Å²) in [6.07, 6.45) is 2.25. The van der Waals surface area contributed by atoms with E-state index in [4.69, 9.17) is 12.2 Å². The largest absolute Gasteiger partial charge is 0.392 e. The molecule has 2 rings (SSSR count). The number of carbonyl (C=O) groups excluding carboxylic acids is 3. The van der Waals surface area contributed by atoms with E-state index in [1.807, 2.05) is 0 Å². The van der Waals surface area contributed by atoms with Crippen LogP contribution >= 0.6 is 24.0 Å². The molecule has 0 radical (unpaired) electrons. The van der Waals surface area contributed by atoms with Crippen molar-refractivity contribution in [3.63, 3.8) is 0 Å². The molecule has 4 nitrogen and oxygen atoms in total. The lowest BCUT2D eigenvalue weighted by molar-refractivity contribution is -0.151. The number of ketones is 1. The second-order valence-electron chi connectivity index (χ2n) is 3.83. The van der Waals surface area contributed by atoms with E-state index in [1.54, 1.807) is 0 Å². The fourth-order valence-corrected chi connectivity index (χ4v) is 3.49. The smallest absolute Gasteiger partial charge is 0.327 e. The van der Waals surface area contributed by atoms with Crippen LogP contribution in [0.25, 0.3) is 0 Å². The van der Waals surface area contributed by atoms with Crippen LogP contribution in [0.1, 0.15) is 25.7 Å². The number of esters is 2. The summed E-state index contributed by atoms with van der Waals surface area (Å²) in [5, 5.41) is -0.548. The summed E-state index contributed by atoms with van der Waals surface area (Å²) < 4.78 is 4.95. The Morgan fingerprint density at radius 2 is 2.12 bits per heavy atom. The van der Waals surface area contributed by atoms with Gasteiger partial charge in [-0.3, -0.25) is 14.4 Å². The number of hydrogen-bond acceptors (Lipinski definition) is 6. The topological polar surface area (TPSA) is 60.4 Å². The molecule has 0 aromatic heterocycles. The van der Waals surface area contributed by atoms with Crippen molar-refractivity contribution in [3.05, 3.63) is 0 Å². The SMILES string of the molecule is O=C1C[C@H](SC(=S)[C@@H]2CCCC2=O)C(=O)O1. The Labute approximate surface area is 102 Å². The van der Waals surface area contributed by atoms with Crippen molar-refractivity contribution in [3.8, 4) is 0 Å². The zero-order valence-corrected chi connectivity index (χ0v) is 10.1. The van der Waals surface area contributed by atoms with E-state index >= 15 is 0 Å². The van der Waals surface area contributed by atoms with Gasteiger partial charge in [-0.15, -0.1) is 11.8 Å². The second-order valence-corrected chi connectivity index (χ2v) is 5.78. The van der Waals surface area contributed by atoms with Crippen LogP contribution in [-0.2, 0) is 19.1 Å². The highest BCUT2D eigenvalue weighted by molar-refractivity contribution is 8.24. The lowest BCUT2D eigenvalue weighted by atomic mass is 10.1. The molecule has 16 heavy (non-hydrogen) atoms. The second kappa shape index (κ2) is 4.63. The molecule has 0 spiro atoms. The molecule has 0 aromatic carbocycles. The van der Waals surface area contributed by atoms with Crippen LogP contribution in [0.4, 0.5) is 0 Å². The Morgan fingerprint density at radius 1 is 1.38 bits per heavy atom. The minimum absolute atomic E-state index is 0.0601. The molecule has 2 atom stereocenters. The Bertz CT molecular complexity index is 377. The summed E-state index contributed by atoms with van der Waals surface area (Å²) in [6.45, 7) is 0. The number of ether oxygens (including phenoxy) is 1. The lowest BCUT2D eigenvalue weighted by Gasteiger charge is -2.10. The summed E-state index contributed by atoms with van der Waals surface area (Å²) in [5.41, 5.74) is 0. The summed E-state index contributed by atoms with van der Waals surface area (Å²) >= 11 is 6.28. The van der Waals surface area contributed by atoms with E-state index in [0.29, 0.717) is 10.6 Å². The van der Waals surface area contributed by atoms with Crippen LogP contribution in [-0.4, -0.2) is 27.2 Å². The molecule has 6 heteroatoms. The Morgan fingerprint density at radius 3 is 2.62 bits per heavy atom. The molecule has 1 aliphatic carbocycles. The van der Waals surface area contributed by atoms with Gasteiger partial charge in [-0.25, -0.2) is 0 Å².